The fraction of sp³-hybridized carbons (Fsp3) is 0.455. The predicted octanol–water partition coefficient (Wildman–Crippen LogP) is 2.27. The topological polar surface area (TPSA) is 33.2 Å². The van der Waals surface area contributed by atoms with Crippen LogP contribution in [0.2, 0.25) is 0 Å². The summed E-state index contributed by atoms with van der Waals surface area (Å²) < 4.78 is 38.2. The number of pyridine rings is 1. The third-order valence-corrected chi connectivity index (χ3v) is 2.64. The van der Waals surface area contributed by atoms with Crippen LogP contribution in [0.3, 0.4) is 0 Å². The van der Waals surface area contributed by atoms with Crippen molar-refractivity contribution in [1.82, 2.24) is 4.98 Å². The molecule has 1 saturated heterocycles. The van der Waals surface area contributed by atoms with Crippen molar-refractivity contribution in [2.45, 2.75) is 19.0 Å². The number of aromatic nitrogens is 1. The number of Topliss-reactive ketones (excluding diaryl/α,β-unsaturated/α-hetero) is 1. The Labute approximate surface area is 96.3 Å². The van der Waals surface area contributed by atoms with Gasteiger partial charge < -0.3 is 4.90 Å². The van der Waals surface area contributed by atoms with Crippen LogP contribution in [0, 0.1) is 0 Å². The van der Waals surface area contributed by atoms with Crippen molar-refractivity contribution in [2.75, 3.05) is 18.0 Å². The zero-order chi connectivity index (χ0) is 12.5. The third kappa shape index (κ3) is 2.57. The predicted molar refractivity (Wildman–Crippen MR) is 55.7 cm³/mol. The quantitative estimate of drug-likeness (QED) is 0.759. The van der Waals surface area contributed by atoms with E-state index in [1.54, 1.807) is 0 Å². The van der Waals surface area contributed by atoms with E-state index in [1.807, 2.05) is 0 Å². The van der Waals surface area contributed by atoms with E-state index in [0.717, 1.165) is 6.07 Å². The summed E-state index contributed by atoms with van der Waals surface area (Å²) in [6.45, 7) is 0.450. The molecule has 0 radical (unpaired) electrons. The summed E-state index contributed by atoms with van der Waals surface area (Å²) in [6, 6.07) is 2.24. The van der Waals surface area contributed by atoms with Crippen LogP contribution in [0.25, 0.3) is 0 Å². The number of piperidine rings is 1. The van der Waals surface area contributed by atoms with Crippen molar-refractivity contribution in [1.29, 1.82) is 0 Å². The first-order valence-electron chi connectivity index (χ1n) is 5.27. The van der Waals surface area contributed by atoms with Gasteiger partial charge in [0.15, 0.2) is 5.78 Å². The first-order valence-corrected chi connectivity index (χ1v) is 5.27. The highest BCUT2D eigenvalue weighted by Gasteiger charge is 2.36. The molecular weight excluding hydrogens is 233 g/mol. The average Bonchev–Trinajstić information content (AvgIpc) is 2.28. The molecule has 0 saturated carbocycles. The maximum Gasteiger partial charge on any atom is 0.419 e. The number of anilines is 1. The Morgan fingerprint density at radius 1 is 1.35 bits per heavy atom. The lowest BCUT2D eigenvalue weighted by molar-refractivity contribution is -0.137. The molecule has 1 aliphatic rings. The van der Waals surface area contributed by atoms with E-state index in [1.165, 1.54) is 17.2 Å². The number of carbonyl (C=O) groups excluding carboxylic acids is 1. The van der Waals surface area contributed by atoms with Gasteiger partial charge in [0.2, 0.25) is 0 Å². The van der Waals surface area contributed by atoms with Gasteiger partial charge in [0.1, 0.15) is 5.82 Å². The molecule has 3 nitrogen and oxygen atoms in total. The number of ketones is 1. The Morgan fingerprint density at radius 2 is 2.12 bits per heavy atom. The lowest BCUT2D eigenvalue weighted by Crippen LogP contribution is -2.37. The van der Waals surface area contributed by atoms with Gasteiger partial charge in [-0.1, -0.05) is 0 Å². The van der Waals surface area contributed by atoms with E-state index in [-0.39, 0.29) is 18.1 Å². The SMILES string of the molecule is O=C1CCCN(c2ncccc2C(F)(F)F)C1. The van der Waals surface area contributed by atoms with Gasteiger partial charge in [-0.25, -0.2) is 4.98 Å². The molecule has 17 heavy (non-hydrogen) atoms. The molecule has 6 heteroatoms. The maximum atomic E-state index is 12.7. The molecule has 0 aliphatic carbocycles. The first-order chi connectivity index (χ1) is 7.98. The molecule has 1 aliphatic heterocycles. The Balaban J connectivity index is 2.34. The van der Waals surface area contributed by atoms with Gasteiger partial charge in [0.05, 0.1) is 12.1 Å². The fourth-order valence-corrected chi connectivity index (χ4v) is 1.89. The van der Waals surface area contributed by atoms with E-state index in [0.29, 0.717) is 19.4 Å². The van der Waals surface area contributed by atoms with Crippen molar-refractivity contribution in [3.05, 3.63) is 23.9 Å². The summed E-state index contributed by atoms with van der Waals surface area (Å²) in [4.78, 5) is 16.4. The zero-order valence-electron chi connectivity index (χ0n) is 9.00. The summed E-state index contributed by atoms with van der Waals surface area (Å²) >= 11 is 0. The van der Waals surface area contributed by atoms with Gasteiger partial charge in [-0.3, -0.25) is 4.79 Å². The van der Waals surface area contributed by atoms with E-state index in [9.17, 15) is 18.0 Å². The largest absolute Gasteiger partial charge is 0.419 e. The number of halogens is 3. The molecule has 1 aromatic heterocycles. The molecule has 0 aromatic carbocycles. The monoisotopic (exact) mass is 244 g/mol. The second-order valence-corrected chi connectivity index (χ2v) is 3.94. The van der Waals surface area contributed by atoms with Crippen LogP contribution in [-0.2, 0) is 11.0 Å². The van der Waals surface area contributed by atoms with E-state index < -0.39 is 11.7 Å². The van der Waals surface area contributed by atoms with Crippen LogP contribution >= 0.6 is 0 Å². The second-order valence-electron chi connectivity index (χ2n) is 3.94. The minimum atomic E-state index is -4.44. The molecule has 0 unspecified atom stereocenters. The van der Waals surface area contributed by atoms with Gasteiger partial charge in [-0.2, -0.15) is 13.2 Å². The lowest BCUT2D eigenvalue weighted by atomic mass is 10.1. The molecule has 92 valence electrons. The van der Waals surface area contributed by atoms with Crippen LogP contribution in [0.15, 0.2) is 18.3 Å². The van der Waals surface area contributed by atoms with Crippen LogP contribution in [0.4, 0.5) is 19.0 Å². The molecule has 2 rings (SSSR count). The van der Waals surface area contributed by atoms with E-state index in [4.69, 9.17) is 0 Å². The Morgan fingerprint density at radius 3 is 2.76 bits per heavy atom. The number of carbonyl (C=O) groups is 1. The fourth-order valence-electron chi connectivity index (χ4n) is 1.89. The zero-order valence-corrected chi connectivity index (χ0v) is 9.00. The molecule has 0 spiro atoms. The summed E-state index contributed by atoms with van der Waals surface area (Å²) in [5.74, 6) is -0.192. The minimum Gasteiger partial charge on any atom is -0.349 e. The smallest absolute Gasteiger partial charge is 0.349 e. The van der Waals surface area contributed by atoms with Crippen molar-refractivity contribution in [3.8, 4) is 0 Å². The number of rotatable bonds is 1. The molecular formula is C11H11F3N2O. The third-order valence-electron chi connectivity index (χ3n) is 2.64. The molecule has 2 heterocycles. The van der Waals surface area contributed by atoms with Crippen molar-refractivity contribution < 1.29 is 18.0 Å². The Bertz CT molecular complexity index is 431. The van der Waals surface area contributed by atoms with Crippen molar-refractivity contribution in [2.24, 2.45) is 0 Å². The highest BCUT2D eigenvalue weighted by molar-refractivity contribution is 5.84. The first kappa shape index (κ1) is 11.9. The molecule has 0 amide bonds. The molecule has 0 N–H and O–H groups in total. The van der Waals surface area contributed by atoms with Crippen LogP contribution < -0.4 is 4.90 Å². The highest BCUT2D eigenvalue weighted by Crippen LogP contribution is 2.35. The van der Waals surface area contributed by atoms with E-state index in [2.05, 4.69) is 4.98 Å². The van der Waals surface area contributed by atoms with Crippen molar-refractivity contribution in [3.63, 3.8) is 0 Å². The number of alkyl halides is 3. The summed E-state index contributed by atoms with van der Waals surface area (Å²) in [6.07, 6.45) is -2.12. The van der Waals surface area contributed by atoms with Crippen LogP contribution in [0.1, 0.15) is 18.4 Å². The van der Waals surface area contributed by atoms with E-state index >= 15 is 0 Å². The van der Waals surface area contributed by atoms with Crippen LogP contribution in [0.5, 0.6) is 0 Å². The van der Waals surface area contributed by atoms with Gasteiger partial charge in [0, 0.05) is 19.2 Å². The van der Waals surface area contributed by atoms with Gasteiger partial charge in [-0.15, -0.1) is 0 Å². The molecule has 0 bridgehead atoms. The van der Waals surface area contributed by atoms with Crippen molar-refractivity contribution >= 4 is 11.6 Å². The van der Waals surface area contributed by atoms with Gasteiger partial charge >= 0.3 is 6.18 Å². The normalized spacial score (nSPS) is 17.4. The minimum absolute atomic E-state index is 0.0140. The number of hydrogen-bond acceptors (Lipinski definition) is 3. The maximum absolute atomic E-state index is 12.7. The summed E-state index contributed by atoms with van der Waals surface area (Å²) in [7, 11) is 0. The molecule has 1 aromatic rings. The lowest BCUT2D eigenvalue weighted by Gasteiger charge is -2.28. The average molecular weight is 244 g/mol. The number of hydrogen-bond donors (Lipinski definition) is 0. The van der Waals surface area contributed by atoms with Gasteiger partial charge in [0.25, 0.3) is 0 Å². The molecule has 0 atom stereocenters. The highest BCUT2D eigenvalue weighted by atomic mass is 19.4. The second kappa shape index (κ2) is 4.35. The standard InChI is InChI=1S/C11H11F3N2O/c12-11(13,14)9-4-1-5-15-10(9)16-6-2-3-8(17)7-16/h1,4-5H,2-3,6-7H2. The Hall–Kier alpha value is -1.59. The Kier molecular flexibility index (Phi) is 3.04. The number of nitrogens with zero attached hydrogens (tertiary/aromatic N) is 2. The molecule has 1 fully saturated rings. The van der Waals surface area contributed by atoms with Crippen LogP contribution in [-0.4, -0.2) is 23.9 Å². The summed E-state index contributed by atoms with van der Waals surface area (Å²) in [5.41, 5.74) is -0.783. The van der Waals surface area contributed by atoms with Gasteiger partial charge in [-0.05, 0) is 18.6 Å². The summed E-state index contributed by atoms with van der Waals surface area (Å²) in [5, 5.41) is 0.